The average molecular weight is 138 g/mol. The van der Waals surface area contributed by atoms with Crippen LogP contribution in [-0.2, 0) is 0 Å². The zero-order chi connectivity index (χ0) is 6.10. The first-order valence-corrected chi connectivity index (χ1v) is 3.71. The van der Waals surface area contributed by atoms with Crippen LogP contribution in [0.15, 0.2) is 17.5 Å². The van der Waals surface area contributed by atoms with Crippen LogP contribution in [0.5, 0.6) is 5.06 Å². The summed E-state index contributed by atoms with van der Waals surface area (Å²) in [5.74, 6) is 0. The molecule has 2 heterocycles. The smallest absolute Gasteiger partial charge is 0.181 e. The monoisotopic (exact) mass is 138 g/mol. The van der Waals surface area contributed by atoms with Crippen LogP contribution in [0.3, 0.4) is 0 Å². The van der Waals surface area contributed by atoms with Gasteiger partial charge < -0.3 is 4.74 Å². The maximum atomic E-state index is 5.30. The highest BCUT2D eigenvalue weighted by atomic mass is 32.1. The first-order chi connectivity index (χ1) is 4.47. The molecular weight excluding hydrogens is 132 g/mol. The van der Waals surface area contributed by atoms with Gasteiger partial charge in [-0.2, -0.15) is 0 Å². The standard InChI is InChI=1S/C7H6OS/c1-2-6-3-5-9-7(6)8-4-1/h1-3,5H,4H2. The third-order valence-electron chi connectivity index (χ3n) is 1.27. The first-order valence-electron chi connectivity index (χ1n) is 2.83. The Morgan fingerprint density at radius 1 is 1.56 bits per heavy atom. The van der Waals surface area contributed by atoms with E-state index in [1.54, 1.807) is 11.3 Å². The number of hydrogen-bond acceptors (Lipinski definition) is 2. The van der Waals surface area contributed by atoms with E-state index in [9.17, 15) is 0 Å². The van der Waals surface area contributed by atoms with Gasteiger partial charge in [-0.25, -0.2) is 0 Å². The molecule has 2 heteroatoms. The van der Waals surface area contributed by atoms with Crippen molar-refractivity contribution in [1.82, 2.24) is 0 Å². The summed E-state index contributed by atoms with van der Waals surface area (Å²) in [7, 11) is 0. The Morgan fingerprint density at radius 2 is 2.56 bits per heavy atom. The van der Waals surface area contributed by atoms with Gasteiger partial charge in [-0.1, -0.05) is 6.08 Å². The van der Waals surface area contributed by atoms with Crippen molar-refractivity contribution in [1.29, 1.82) is 0 Å². The third-order valence-corrected chi connectivity index (χ3v) is 2.11. The summed E-state index contributed by atoms with van der Waals surface area (Å²) in [5.41, 5.74) is 1.21. The SMILES string of the molecule is C1=Cc2ccsc2OC1. The minimum Gasteiger partial charge on any atom is -0.479 e. The Bertz CT molecular complexity index is 237. The summed E-state index contributed by atoms with van der Waals surface area (Å²) >= 11 is 1.65. The lowest BCUT2D eigenvalue weighted by Crippen LogP contribution is -1.95. The zero-order valence-corrected chi connectivity index (χ0v) is 5.65. The van der Waals surface area contributed by atoms with E-state index in [4.69, 9.17) is 4.74 Å². The van der Waals surface area contributed by atoms with Crippen molar-refractivity contribution >= 4 is 17.4 Å². The van der Waals surface area contributed by atoms with Gasteiger partial charge in [0.2, 0.25) is 0 Å². The van der Waals surface area contributed by atoms with E-state index in [0.717, 1.165) is 11.7 Å². The van der Waals surface area contributed by atoms with E-state index in [1.807, 2.05) is 11.5 Å². The van der Waals surface area contributed by atoms with E-state index < -0.39 is 0 Å². The highest BCUT2D eigenvalue weighted by Gasteiger charge is 2.03. The number of ether oxygens (including phenoxy) is 1. The first kappa shape index (κ1) is 5.06. The van der Waals surface area contributed by atoms with E-state index >= 15 is 0 Å². The van der Waals surface area contributed by atoms with E-state index in [-0.39, 0.29) is 0 Å². The third kappa shape index (κ3) is 0.754. The molecular formula is C7H6OS. The highest BCUT2D eigenvalue weighted by Crippen LogP contribution is 2.29. The van der Waals surface area contributed by atoms with Crippen LogP contribution >= 0.6 is 11.3 Å². The van der Waals surface area contributed by atoms with Crippen LogP contribution in [0.25, 0.3) is 6.08 Å². The van der Waals surface area contributed by atoms with Gasteiger partial charge in [0.05, 0.1) is 0 Å². The molecule has 0 atom stereocenters. The van der Waals surface area contributed by atoms with E-state index in [1.165, 1.54) is 5.56 Å². The summed E-state index contributed by atoms with van der Waals surface area (Å²) in [4.78, 5) is 0. The fourth-order valence-electron chi connectivity index (χ4n) is 0.845. The van der Waals surface area contributed by atoms with Crippen molar-refractivity contribution in [2.24, 2.45) is 0 Å². The molecule has 1 aromatic heterocycles. The molecule has 1 nitrogen and oxygen atoms in total. The lowest BCUT2D eigenvalue weighted by Gasteiger charge is -2.04. The zero-order valence-electron chi connectivity index (χ0n) is 4.83. The second-order valence-electron chi connectivity index (χ2n) is 1.88. The van der Waals surface area contributed by atoms with Crippen LogP contribution in [-0.4, -0.2) is 6.61 Å². The Labute approximate surface area is 57.6 Å². The Kier molecular flexibility index (Phi) is 1.06. The Morgan fingerprint density at radius 3 is 3.44 bits per heavy atom. The normalized spacial score (nSPS) is 14.7. The average Bonchev–Trinajstić information content (AvgIpc) is 2.33. The van der Waals surface area contributed by atoms with Crippen LogP contribution < -0.4 is 4.74 Å². The van der Waals surface area contributed by atoms with Crippen molar-refractivity contribution in [3.63, 3.8) is 0 Å². The molecule has 1 aromatic rings. The van der Waals surface area contributed by atoms with Gasteiger partial charge in [0, 0.05) is 5.56 Å². The largest absolute Gasteiger partial charge is 0.479 e. The van der Waals surface area contributed by atoms with Gasteiger partial charge in [-0.3, -0.25) is 0 Å². The topological polar surface area (TPSA) is 9.23 Å². The number of thiophene rings is 1. The second-order valence-corrected chi connectivity index (χ2v) is 2.76. The molecule has 46 valence electrons. The Balaban J connectivity index is 2.53. The van der Waals surface area contributed by atoms with Crippen molar-refractivity contribution < 1.29 is 4.74 Å². The van der Waals surface area contributed by atoms with Crippen molar-refractivity contribution in [3.8, 4) is 5.06 Å². The predicted octanol–water partition coefficient (Wildman–Crippen LogP) is 2.15. The van der Waals surface area contributed by atoms with Gasteiger partial charge in [0.1, 0.15) is 6.61 Å². The minimum atomic E-state index is 0.730. The molecule has 0 aromatic carbocycles. The molecule has 0 unspecified atom stereocenters. The molecule has 0 bridgehead atoms. The van der Waals surface area contributed by atoms with Crippen LogP contribution in [0, 0.1) is 0 Å². The second kappa shape index (κ2) is 1.88. The van der Waals surface area contributed by atoms with E-state index in [0.29, 0.717) is 0 Å². The summed E-state index contributed by atoms with van der Waals surface area (Å²) in [6.45, 7) is 0.730. The highest BCUT2D eigenvalue weighted by molar-refractivity contribution is 7.12. The fourth-order valence-corrected chi connectivity index (χ4v) is 1.59. The molecule has 1 aliphatic rings. The molecule has 2 rings (SSSR count). The van der Waals surface area contributed by atoms with Gasteiger partial charge in [-0.05, 0) is 17.5 Å². The molecule has 0 saturated heterocycles. The van der Waals surface area contributed by atoms with Gasteiger partial charge in [0.25, 0.3) is 0 Å². The maximum Gasteiger partial charge on any atom is 0.181 e. The number of rotatable bonds is 0. The molecule has 9 heavy (non-hydrogen) atoms. The molecule has 0 radical (unpaired) electrons. The summed E-state index contributed by atoms with van der Waals surface area (Å²) in [5, 5.41) is 3.10. The lowest BCUT2D eigenvalue weighted by atomic mass is 10.3. The fraction of sp³-hybridized carbons (Fsp3) is 0.143. The number of hydrogen-bond donors (Lipinski definition) is 0. The summed E-state index contributed by atoms with van der Waals surface area (Å²) in [6, 6.07) is 2.07. The van der Waals surface area contributed by atoms with Gasteiger partial charge in [0.15, 0.2) is 5.06 Å². The summed E-state index contributed by atoms with van der Waals surface area (Å²) in [6.07, 6.45) is 4.12. The molecule has 0 amide bonds. The van der Waals surface area contributed by atoms with Crippen LogP contribution in [0.2, 0.25) is 0 Å². The van der Waals surface area contributed by atoms with Crippen LogP contribution in [0.4, 0.5) is 0 Å². The van der Waals surface area contributed by atoms with Crippen molar-refractivity contribution in [3.05, 3.63) is 23.1 Å². The molecule has 0 saturated carbocycles. The van der Waals surface area contributed by atoms with Crippen molar-refractivity contribution in [2.75, 3.05) is 6.61 Å². The van der Waals surface area contributed by atoms with Crippen molar-refractivity contribution in [2.45, 2.75) is 0 Å². The molecule has 0 spiro atoms. The molecule has 0 aliphatic carbocycles. The molecule has 0 N–H and O–H groups in total. The van der Waals surface area contributed by atoms with Gasteiger partial charge >= 0.3 is 0 Å². The predicted molar refractivity (Wildman–Crippen MR) is 38.8 cm³/mol. The maximum absolute atomic E-state index is 5.30. The minimum absolute atomic E-state index is 0.730. The molecule has 0 fully saturated rings. The number of fused-ring (bicyclic) bond motifs is 1. The Hall–Kier alpha value is -0.760. The molecule has 1 aliphatic heterocycles. The summed E-state index contributed by atoms with van der Waals surface area (Å²) < 4.78 is 5.30. The van der Waals surface area contributed by atoms with Gasteiger partial charge in [-0.15, -0.1) is 11.3 Å². The van der Waals surface area contributed by atoms with E-state index in [2.05, 4.69) is 12.1 Å². The quantitative estimate of drug-likeness (QED) is 0.533. The van der Waals surface area contributed by atoms with Crippen LogP contribution in [0.1, 0.15) is 5.56 Å². The lowest BCUT2D eigenvalue weighted by molar-refractivity contribution is 0.369.